The second-order valence-corrected chi connectivity index (χ2v) is 9.71. The smallest absolute Gasteiger partial charge is 0.410 e. The molecule has 0 N–H and O–H groups in total. The lowest BCUT2D eigenvalue weighted by atomic mass is 10.1. The molecule has 10 heteroatoms. The number of nitro groups is 1. The van der Waals surface area contributed by atoms with Crippen LogP contribution < -0.4 is 0 Å². The molecule has 3 heterocycles. The van der Waals surface area contributed by atoms with E-state index in [2.05, 4.69) is 17.5 Å². The van der Waals surface area contributed by atoms with Crippen molar-refractivity contribution < 1.29 is 19.2 Å². The summed E-state index contributed by atoms with van der Waals surface area (Å²) in [5, 5.41) is 10.7. The molecule has 174 valence electrons. The molecule has 3 saturated heterocycles. The Morgan fingerprint density at radius 1 is 1.12 bits per heavy atom. The molecular weight excluding hydrogens is 432 g/mol. The van der Waals surface area contributed by atoms with E-state index in [1.54, 1.807) is 12.1 Å². The van der Waals surface area contributed by atoms with Crippen LogP contribution in [0, 0.1) is 16.0 Å². The zero-order valence-corrected chi connectivity index (χ0v) is 19.0. The molecule has 4 rings (SSSR count). The van der Waals surface area contributed by atoms with E-state index in [4.69, 9.17) is 4.74 Å². The Balaban J connectivity index is 1.31. The Morgan fingerprint density at radius 2 is 1.84 bits per heavy atom. The van der Waals surface area contributed by atoms with Crippen molar-refractivity contribution in [2.24, 2.45) is 5.92 Å². The molecule has 1 aromatic carbocycles. The molecule has 0 saturated carbocycles. The van der Waals surface area contributed by atoms with Crippen molar-refractivity contribution in [3.8, 4) is 0 Å². The van der Waals surface area contributed by atoms with Crippen molar-refractivity contribution in [2.75, 3.05) is 39.3 Å². The standard InChI is InChI=1S/C22H30N4O5S/c27-21(24-10-7-17(13-24)12-23-8-1-2-9-23)20-11-19(32)14-25(20)22(28)31-15-16-3-5-18(6-4-16)26(29)30/h3-6,17,19-20,32H,1-2,7-15H2/t17-,19+,20+/m1/s1. The molecule has 0 unspecified atom stereocenters. The number of thiol groups is 1. The molecule has 0 radical (unpaired) electrons. The Bertz CT molecular complexity index is 845. The van der Waals surface area contributed by atoms with Crippen molar-refractivity contribution in [3.63, 3.8) is 0 Å². The predicted molar refractivity (Wildman–Crippen MR) is 122 cm³/mol. The Morgan fingerprint density at radius 3 is 2.53 bits per heavy atom. The van der Waals surface area contributed by atoms with Crippen LogP contribution in [0.2, 0.25) is 0 Å². The number of nitro benzene ring substituents is 1. The fraction of sp³-hybridized carbons (Fsp3) is 0.636. The summed E-state index contributed by atoms with van der Waals surface area (Å²) >= 11 is 4.52. The van der Waals surface area contributed by atoms with E-state index < -0.39 is 17.1 Å². The summed E-state index contributed by atoms with van der Waals surface area (Å²) in [7, 11) is 0. The first-order valence-corrected chi connectivity index (χ1v) is 11.8. The minimum Gasteiger partial charge on any atom is -0.445 e. The van der Waals surface area contributed by atoms with Gasteiger partial charge in [0.2, 0.25) is 5.91 Å². The van der Waals surface area contributed by atoms with Gasteiger partial charge in [-0.25, -0.2) is 4.79 Å². The zero-order chi connectivity index (χ0) is 22.7. The summed E-state index contributed by atoms with van der Waals surface area (Å²) in [4.78, 5) is 42.1. The van der Waals surface area contributed by atoms with Gasteiger partial charge in [0, 0.05) is 43.6 Å². The third kappa shape index (κ3) is 5.35. The summed E-state index contributed by atoms with van der Waals surface area (Å²) in [5.41, 5.74) is 0.634. The third-order valence-electron chi connectivity index (χ3n) is 6.62. The van der Waals surface area contributed by atoms with Crippen LogP contribution >= 0.6 is 12.6 Å². The minimum atomic E-state index is -0.550. The number of amides is 2. The van der Waals surface area contributed by atoms with E-state index in [1.807, 2.05) is 4.90 Å². The van der Waals surface area contributed by atoms with E-state index >= 15 is 0 Å². The van der Waals surface area contributed by atoms with E-state index in [9.17, 15) is 19.7 Å². The molecule has 0 spiro atoms. The molecular formula is C22H30N4O5S. The highest BCUT2D eigenvalue weighted by Crippen LogP contribution is 2.28. The van der Waals surface area contributed by atoms with Gasteiger partial charge in [-0.3, -0.25) is 19.8 Å². The number of carbonyl (C=O) groups is 2. The van der Waals surface area contributed by atoms with Gasteiger partial charge in [-0.2, -0.15) is 12.6 Å². The molecule has 0 bridgehead atoms. The van der Waals surface area contributed by atoms with Crippen LogP contribution in [0.1, 0.15) is 31.2 Å². The van der Waals surface area contributed by atoms with Crippen molar-refractivity contribution in [3.05, 3.63) is 39.9 Å². The summed E-state index contributed by atoms with van der Waals surface area (Å²) in [6.45, 7) is 5.19. The lowest BCUT2D eigenvalue weighted by Gasteiger charge is -2.27. The number of non-ortho nitro benzene ring substituents is 1. The van der Waals surface area contributed by atoms with Crippen LogP contribution in [0.15, 0.2) is 24.3 Å². The van der Waals surface area contributed by atoms with Crippen LogP contribution in [0.3, 0.4) is 0 Å². The summed E-state index contributed by atoms with van der Waals surface area (Å²) in [5.74, 6) is 0.477. The van der Waals surface area contributed by atoms with Gasteiger partial charge in [-0.05, 0) is 62.4 Å². The van der Waals surface area contributed by atoms with Crippen LogP contribution in [-0.4, -0.2) is 82.2 Å². The molecule has 3 aliphatic heterocycles. The lowest BCUT2D eigenvalue weighted by Crippen LogP contribution is -2.47. The average molecular weight is 463 g/mol. The zero-order valence-electron chi connectivity index (χ0n) is 18.1. The van der Waals surface area contributed by atoms with Gasteiger partial charge in [-0.1, -0.05) is 0 Å². The fourth-order valence-corrected chi connectivity index (χ4v) is 5.29. The summed E-state index contributed by atoms with van der Waals surface area (Å²) in [6.07, 6.45) is 3.49. The summed E-state index contributed by atoms with van der Waals surface area (Å²) in [6, 6.07) is 5.32. The maximum absolute atomic E-state index is 13.2. The van der Waals surface area contributed by atoms with Gasteiger partial charge < -0.3 is 14.5 Å². The normalized spacial score (nSPS) is 26.0. The second kappa shape index (κ2) is 10.1. The first-order chi connectivity index (χ1) is 15.4. The van der Waals surface area contributed by atoms with Gasteiger partial charge in [0.25, 0.3) is 5.69 Å². The van der Waals surface area contributed by atoms with Crippen LogP contribution in [0.5, 0.6) is 0 Å². The van der Waals surface area contributed by atoms with Gasteiger partial charge in [0.15, 0.2) is 0 Å². The Labute approximate surface area is 193 Å². The van der Waals surface area contributed by atoms with Gasteiger partial charge in [-0.15, -0.1) is 0 Å². The topological polar surface area (TPSA) is 96.2 Å². The highest BCUT2D eigenvalue weighted by molar-refractivity contribution is 7.81. The molecule has 3 atom stereocenters. The largest absolute Gasteiger partial charge is 0.445 e. The van der Waals surface area contributed by atoms with Gasteiger partial charge >= 0.3 is 6.09 Å². The molecule has 1 aromatic rings. The van der Waals surface area contributed by atoms with Crippen molar-refractivity contribution in [2.45, 2.75) is 43.6 Å². The molecule has 2 amide bonds. The summed E-state index contributed by atoms with van der Waals surface area (Å²) < 4.78 is 5.42. The van der Waals surface area contributed by atoms with Gasteiger partial charge in [0.05, 0.1) is 4.92 Å². The molecule has 0 aliphatic carbocycles. The maximum Gasteiger partial charge on any atom is 0.410 e. The first-order valence-electron chi connectivity index (χ1n) is 11.3. The van der Waals surface area contributed by atoms with Gasteiger partial charge in [0.1, 0.15) is 12.6 Å². The highest BCUT2D eigenvalue weighted by Gasteiger charge is 2.42. The van der Waals surface area contributed by atoms with Crippen molar-refractivity contribution in [1.29, 1.82) is 0 Å². The lowest BCUT2D eigenvalue weighted by molar-refractivity contribution is -0.384. The van der Waals surface area contributed by atoms with Crippen LogP contribution in [0.25, 0.3) is 0 Å². The highest BCUT2D eigenvalue weighted by atomic mass is 32.1. The maximum atomic E-state index is 13.2. The average Bonchev–Trinajstić information content (AvgIpc) is 3.53. The van der Waals surface area contributed by atoms with E-state index in [0.29, 0.717) is 24.4 Å². The number of carbonyl (C=O) groups excluding carboxylic acids is 2. The third-order valence-corrected chi connectivity index (χ3v) is 6.99. The Hall–Kier alpha value is -2.33. The monoisotopic (exact) mass is 462 g/mol. The molecule has 3 fully saturated rings. The number of benzene rings is 1. The first kappa shape index (κ1) is 22.8. The van der Waals surface area contributed by atoms with Crippen molar-refractivity contribution >= 4 is 30.3 Å². The minimum absolute atomic E-state index is 0.00685. The quantitative estimate of drug-likeness (QED) is 0.397. The SMILES string of the molecule is O=C([C@@H]1C[C@H](S)CN1C(=O)OCc1ccc([N+](=O)[O-])cc1)N1CC[C@H](CN2CCCC2)C1. The Kier molecular flexibility index (Phi) is 7.20. The second-order valence-electron chi connectivity index (χ2n) is 8.98. The van der Waals surface area contributed by atoms with Crippen LogP contribution in [-0.2, 0) is 16.1 Å². The van der Waals surface area contributed by atoms with Crippen LogP contribution in [0.4, 0.5) is 10.5 Å². The fourth-order valence-electron chi connectivity index (χ4n) is 4.91. The molecule has 3 aliphatic rings. The number of likely N-dealkylation sites (tertiary alicyclic amines) is 3. The van der Waals surface area contributed by atoms with Crippen molar-refractivity contribution in [1.82, 2.24) is 14.7 Å². The number of ether oxygens (including phenoxy) is 1. The molecule has 32 heavy (non-hydrogen) atoms. The van der Waals surface area contributed by atoms with E-state index in [-0.39, 0.29) is 23.5 Å². The predicted octanol–water partition coefficient (Wildman–Crippen LogP) is 2.55. The number of hydrogen-bond donors (Lipinski definition) is 1. The number of rotatable bonds is 6. The number of hydrogen-bond acceptors (Lipinski definition) is 7. The van der Waals surface area contributed by atoms with E-state index in [1.165, 1.54) is 29.9 Å². The molecule has 9 nitrogen and oxygen atoms in total. The van der Waals surface area contributed by atoms with E-state index in [0.717, 1.165) is 39.1 Å². The number of nitrogens with zero attached hydrogens (tertiary/aromatic N) is 4. The molecule has 0 aromatic heterocycles.